The Kier molecular flexibility index (Phi) is 5.68. The van der Waals surface area contributed by atoms with E-state index in [9.17, 15) is 0 Å². The Morgan fingerprint density at radius 1 is 0.476 bits per heavy atom. The molecule has 0 atom stereocenters. The summed E-state index contributed by atoms with van der Waals surface area (Å²) in [6.07, 6.45) is 2.02. The van der Waals surface area contributed by atoms with Crippen molar-refractivity contribution in [2.24, 2.45) is 0 Å². The normalized spacial score (nSPS) is 11.8. The first kappa shape index (κ1) is 24.6. The van der Waals surface area contributed by atoms with E-state index in [4.69, 9.17) is 4.98 Å². The summed E-state index contributed by atoms with van der Waals surface area (Å²) >= 11 is 0. The minimum Gasteiger partial charge on any atom is -0.308 e. The number of pyridine rings is 1. The van der Waals surface area contributed by atoms with E-state index >= 15 is 0 Å². The Balaban J connectivity index is 1.34. The van der Waals surface area contributed by atoms with Crippen LogP contribution in [-0.4, -0.2) is 9.55 Å². The van der Waals surface area contributed by atoms with Crippen molar-refractivity contribution in [2.75, 3.05) is 0 Å². The van der Waals surface area contributed by atoms with Gasteiger partial charge in [0.1, 0.15) is 0 Å². The molecule has 0 spiro atoms. The number of nitrogens with zero attached hydrogens (tertiary/aromatic N) is 2. The predicted octanol–water partition coefficient (Wildman–Crippen LogP) is 10.9. The Bertz CT molecular complexity index is 2140. The van der Waals surface area contributed by atoms with Crippen LogP contribution in [0.15, 0.2) is 140 Å². The first-order valence-corrected chi connectivity index (χ1v) is 14.7. The monoisotopic (exact) mass is 538 g/mol. The van der Waals surface area contributed by atoms with Gasteiger partial charge in [0.25, 0.3) is 0 Å². The van der Waals surface area contributed by atoms with Crippen molar-refractivity contribution in [3.63, 3.8) is 0 Å². The fourth-order valence-electron chi connectivity index (χ4n) is 6.62. The van der Waals surface area contributed by atoms with Crippen molar-refractivity contribution in [1.29, 1.82) is 0 Å². The van der Waals surface area contributed by atoms with E-state index in [1.807, 2.05) is 6.20 Å². The topological polar surface area (TPSA) is 17.8 Å². The van der Waals surface area contributed by atoms with Gasteiger partial charge >= 0.3 is 0 Å². The number of aromatic nitrogens is 2. The van der Waals surface area contributed by atoms with Crippen LogP contribution in [0.25, 0.3) is 71.4 Å². The minimum absolute atomic E-state index is 0.506. The zero-order chi connectivity index (χ0) is 28.2. The van der Waals surface area contributed by atoms with E-state index in [0.717, 1.165) is 11.4 Å². The summed E-state index contributed by atoms with van der Waals surface area (Å²) in [5.74, 6) is 0.506. The van der Waals surface area contributed by atoms with E-state index in [1.54, 1.807) is 0 Å². The molecule has 6 aromatic carbocycles. The molecule has 200 valence electrons. The quantitative estimate of drug-likeness (QED) is 0.204. The fourth-order valence-corrected chi connectivity index (χ4v) is 6.62. The second-order valence-electron chi connectivity index (χ2n) is 11.4. The molecule has 0 radical (unpaired) electrons. The molecule has 0 saturated carbocycles. The third-order valence-electron chi connectivity index (χ3n) is 8.64. The molecule has 0 aliphatic carbocycles. The van der Waals surface area contributed by atoms with Gasteiger partial charge in [-0.05, 0) is 68.4 Å². The van der Waals surface area contributed by atoms with E-state index in [1.165, 1.54) is 65.6 Å². The first-order chi connectivity index (χ1) is 20.7. The van der Waals surface area contributed by atoms with Crippen LogP contribution in [0.5, 0.6) is 0 Å². The van der Waals surface area contributed by atoms with E-state index in [2.05, 4.69) is 152 Å². The summed E-state index contributed by atoms with van der Waals surface area (Å²) in [7, 11) is 0. The molecule has 2 heteroatoms. The van der Waals surface area contributed by atoms with Crippen LogP contribution >= 0.6 is 0 Å². The smallest absolute Gasteiger partial charge is 0.0716 e. The maximum Gasteiger partial charge on any atom is 0.0716 e. The van der Waals surface area contributed by atoms with Crippen LogP contribution in [0.4, 0.5) is 0 Å². The molecule has 0 N–H and O–H groups in total. The van der Waals surface area contributed by atoms with E-state index in [-0.39, 0.29) is 0 Å². The Morgan fingerprint density at radius 3 is 1.43 bits per heavy atom. The Hall–Kier alpha value is -5.21. The van der Waals surface area contributed by atoms with Gasteiger partial charge in [0, 0.05) is 16.3 Å². The van der Waals surface area contributed by atoms with Gasteiger partial charge in [-0.3, -0.25) is 4.98 Å². The van der Waals surface area contributed by atoms with Crippen LogP contribution in [0.1, 0.15) is 25.3 Å². The summed E-state index contributed by atoms with van der Waals surface area (Å²) in [4.78, 5) is 5.13. The molecule has 0 saturated heterocycles. The highest BCUT2D eigenvalue weighted by Gasteiger charge is 2.18. The highest BCUT2D eigenvalue weighted by molar-refractivity contribution is 6.21. The van der Waals surface area contributed by atoms with Crippen molar-refractivity contribution in [3.05, 3.63) is 145 Å². The largest absolute Gasteiger partial charge is 0.308 e. The van der Waals surface area contributed by atoms with Crippen molar-refractivity contribution >= 4 is 43.4 Å². The number of benzene rings is 6. The van der Waals surface area contributed by atoms with Crippen molar-refractivity contribution in [2.45, 2.75) is 19.8 Å². The Labute approximate surface area is 245 Å². The molecule has 8 rings (SSSR count). The highest BCUT2D eigenvalue weighted by atomic mass is 15.0. The van der Waals surface area contributed by atoms with Crippen LogP contribution < -0.4 is 0 Å². The average molecular weight is 539 g/mol. The van der Waals surface area contributed by atoms with Crippen LogP contribution in [0, 0.1) is 0 Å². The fraction of sp³-hybridized carbons (Fsp3) is 0.0750. The predicted molar refractivity (Wildman–Crippen MR) is 179 cm³/mol. The number of hydrogen-bond acceptors (Lipinski definition) is 1. The van der Waals surface area contributed by atoms with Gasteiger partial charge in [-0.15, -0.1) is 0 Å². The van der Waals surface area contributed by atoms with Crippen LogP contribution in [0.2, 0.25) is 0 Å². The lowest BCUT2D eigenvalue weighted by Gasteiger charge is -2.18. The van der Waals surface area contributed by atoms with Gasteiger partial charge in [-0.25, -0.2) is 0 Å². The van der Waals surface area contributed by atoms with Gasteiger partial charge in [0.15, 0.2) is 0 Å². The van der Waals surface area contributed by atoms with E-state index < -0.39 is 0 Å². The SMILES string of the molecule is CC(C)c1ccc(-c2c3ccccc3c(-c3ccc(-n4c5ccccc5c5ccccc54)cn3)c3ccccc23)cc1. The second-order valence-corrected chi connectivity index (χ2v) is 11.4. The number of rotatable bonds is 4. The zero-order valence-electron chi connectivity index (χ0n) is 23.8. The molecule has 0 aliphatic heterocycles. The third-order valence-corrected chi connectivity index (χ3v) is 8.64. The van der Waals surface area contributed by atoms with Crippen LogP contribution in [0.3, 0.4) is 0 Å². The molecular formula is C40H30N2. The second kappa shape index (κ2) is 9.71. The molecule has 8 aromatic rings. The van der Waals surface area contributed by atoms with Gasteiger partial charge in [-0.2, -0.15) is 0 Å². The molecule has 2 aromatic heterocycles. The molecule has 42 heavy (non-hydrogen) atoms. The molecule has 0 unspecified atom stereocenters. The van der Waals surface area contributed by atoms with Crippen molar-refractivity contribution in [1.82, 2.24) is 9.55 Å². The average Bonchev–Trinajstić information content (AvgIpc) is 3.38. The van der Waals surface area contributed by atoms with Gasteiger partial charge in [0.05, 0.1) is 28.6 Å². The summed E-state index contributed by atoms with van der Waals surface area (Å²) in [5.41, 5.74) is 9.48. The molecule has 0 aliphatic rings. The van der Waals surface area contributed by atoms with Gasteiger partial charge in [0.2, 0.25) is 0 Å². The number of para-hydroxylation sites is 2. The molecule has 2 nitrogen and oxygen atoms in total. The summed E-state index contributed by atoms with van der Waals surface area (Å²) in [6.45, 7) is 4.49. The van der Waals surface area contributed by atoms with Crippen LogP contribution in [-0.2, 0) is 0 Å². The number of fused-ring (bicyclic) bond motifs is 5. The first-order valence-electron chi connectivity index (χ1n) is 14.7. The molecule has 0 fully saturated rings. The van der Waals surface area contributed by atoms with E-state index in [0.29, 0.717) is 5.92 Å². The zero-order valence-corrected chi connectivity index (χ0v) is 23.8. The minimum atomic E-state index is 0.506. The maximum atomic E-state index is 5.13. The Morgan fingerprint density at radius 2 is 0.952 bits per heavy atom. The highest BCUT2D eigenvalue weighted by Crippen LogP contribution is 2.43. The summed E-state index contributed by atoms with van der Waals surface area (Å²) in [5, 5.41) is 7.44. The standard InChI is InChI=1S/C40H30N2/c1-26(2)27-19-21-28(22-20-27)39-32-13-3-5-15-34(32)40(35-16-6-4-14-33(35)39)36-24-23-29(25-41-36)42-37-17-9-7-11-30(37)31-12-8-10-18-38(31)42/h3-26H,1-2H3. The molecular weight excluding hydrogens is 508 g/mol. The summed E-state index contributed by atoms with van der Waals surface area (Å²) in [6, 6.07) is 48.3. The van der Waals surface area contributed by atoms with Crippen molar-refractivity contribution < 1.29 is 0 Å². The van der Waals surface area contributed by atoms with Gasteiger partial charge in [-0.1, -0.05) is 123 Å². The molecule has 0 bridgehead atoms. The maximum absolute atomic E-state index is 5.13. The lowest BCUT2D eigenvalue weighted by molar-refractivity contribution is 0.867. The summed E-state index contributed by atoms with van der Waals surface area (Å²) < 4.78 is 2.32. The number of hydrogen-bond donors (Lipinski definition) is 0. The lowest BCUT2D eigenvalue weighted by Crippen LogP contribution is -1.96. The lowest BCUT2D eigenvalue weighted by atomic mass is 9.86. The van der Waals surface area contributed by atoms with Crippen molar-refractivity contribution in [3.8, 4) is 28.1 Å². The third kappa shape index (κ3) is 3.76. The molecule has 0 amide bonds. The van der Waals surface area contributed by atoms with Gasteiger partial charge < -0.3 is 4.57 Å². The molecule has 2 heterocycles.